The maximum Gasteiger partial charge on any atom is 0.159 e. The molecule has 2 N–H and O–H groups in total. The van der Waals surface area contributed by atoms with E-state index in [1.807, 2.05) is 36.7 Å². The fourth-order valence-corrected chi connectivity index (χ4v) is 3.58. The van der Waals surface area contributed by atoms with Crippen LogP contribution in [0, 0.1) is 5.92 Å². The summed E-state index contributed by atoms with van der Waals surface area (Å²) in [6.07, 6.45) is 6.89. The Kier molecular flexibility index (Phi) is 6.19. The molecule has 0 bridgehead atoms. The van der Waals surface area contributed by atoms with Crippen molar-refractivity contribution in [2.45, 2.75) is 40.0 Å². The van der Waals surface area contributed by atoms with E-state index in [0.717, 1.165) is 52.6 Å². The standard InChI is InChI=1S/C24H27N3O/c1-4-21-17(10-11-28)6-5-7-22(21)20-14-26-24(27-15-20)19-9-8-18(12-16(2)3)23(25)13-19/h5-9,11,13-16H,4,10,12,25H2,1-3H3. The molecule has 0 radical (unpaired) electrons. The number of anilines is 1. The van der Waals surface area contributed by atoms with E-state index in [2.05, 4.69) is 42.9 Å². The highest BCUT2D eigenvalue weighted by atomic mass is 16.1. The number of nitrogens with two attached hydrogens (primary N) is 1. The predicted molar refractivity (Wildman–Crippen MR) is 115 cm³/mol. The second-order valence-corrected chi connectivity index (χ2v) is 7.47. The van der Waals surface area contributed by atoms with Gasteiger partial charge in [0.25, 0.3) is 0 Å². The first-order chi connectivity index (χ1) is 13.5. The molecule has 3 rings (SSSR count). The highest BCUT2D eigenvalue weighted by molar-refractivity contribution is 5.71. The minimum Gasteiger partial charge on any atom is -0.398 e. The largest absolute Gasteiger partial charge is 0.398 e. The monoisotopic (exact) mass is 373 g/mol. The molecule has 0 aliphatic rings. The average molecular weight is 374 g/mol. The first-order valence-corrected chi connectivity index (χ1v) is 9.79. The van der Waals surface area contributed by atoms with Gasteiger partial charge in [-0.3, -0.25) is 0 Å². The lowest BCUT2D eigenvalue weighted by atomic mass is 9.94. The molecule has 0 saturated carbocycles. The van der Waals surface area contributed by atoms with Crippen molar-refractivity contribution in [3.8, 4) is 22.5 Å². The zero-order valence-electron chi connectivity index (χ0n) is 16.8. The van der Waals surface area contributed by atoms with Crippen LogP contribution in [0.25, 0.3) is 22.5 Å². The van der Waals surface area contributed by atoms with Crippen LogP contribution in [-0.4, -0.2) is 16.3 Å². The number of aldehydes is 1. The minimum absolute atomic E-state index is 0.429. The van der Waals surface area contributed by atoms with Crippen molar-refractivity contribution >= 4 is 12.0 Å². The molecule has 4 heteroatoms. The van der Waals surface area contributed by atoms with E-state index in [1.54, 1.807) is 0 Å². The Balaban J connectivity index is 1.91. The Morgan fingerprint density at radius 1 is 1.04 bits per heavy atom. The third-order valence-corrected chi connectivity index (χ3v) is 4.92. The molecule has 0 amide bonds. The summed E-state index contributed by atoms with van der Waals surface area (Å²) in [5.41, 5.74) is 13.4. The molecule has 0 aliphatic heterocycles. The summed E-state index contributed by atoms with van der Waals surface area (Å²) in [4.78, 5) is 20.1. The van der Waals surface area contributed by atoms with Gasteiger partial charge in [-0.2, -0.15) is 0 Å². The number of hydrogen-bond donors (Lipinski definition) is 1. The number of rotatable bonds is 7. The Labute approximate surface area is 166 Å². The van der Waals surface area contributed by atoms with Crippen LogP contribution < -0.4 is 5.73 Å². The van der Waals surface area contributed by atoms with Crippen molar-refractivity contribution < 1.29 is 4.79 Å². The van der Waals surface area contributed by atoms with Gasteiger partial charge in [0.1, 0.15) is 6.29 Å². The van der Waals surface area contributed by atoms with Gasteiger partial charge in [0.05, 0.1) is 0 Å². The summed E-state index contributed by atoms with van der Waals surface area (Å²) in [6.45, 7) is 6.47. The van der Waals surface area contributed by atoms with E-state index >= 15 is 0 Å². The molecule has 1 aromatic heterocycles. The lowest BCUT2D eigenvalue weighted by Gasteiger charge is -2.13. The molecular weight excluding hydrogens is 346 g/mol. The third-order valence-electron chi connectivity index (χ3n) is 4.92. The molecule has 1 heterocycles. The molecular formula is C24H27N3O. The zero-order chi connectivity index (χ0) is 20.1. The van der Waals surface area contributed by atoms with Gasteiger partial charge >= 0.3 is 0 Å². The van der Waals surface area contributed by atoms with Gasteiger partial charge in [-0.25, -0.2) is 9.97 Å². The average Bonchev–Trinajstić information content (AvgIpc) is 2.69. The molecule has 3 aromatic rings. The van der Waals surface area contributed by atoms with E-state index in [-0.39, 0.29) is 0 Å². The number of carbonyl (C=O) groups excluding carboxylic acids is 1. The smallest absolute Gasteiger partial charge is 0.159 e. The van der Waals surface area contributed by atoms with Crippen LogP contribution in [0.15, 0.2) is 48.8 Å². The number of aromatic nitrogens is 2. The molecule has 0 atom stereocenters. The number of nitrogen functional groups attached to an aromatic ring is 1. The van der Waals surface area contributed by atoms with Crippen molar-refractivity contribution in [2.75, 3.05) is 5.73 Å². The molecule has 0 aliphatic carbocycles. The SMILES string of the molecule is CCc1c(CC=O)cccc1-c1cnc(-c2ccc(CC(C)C)c(N)c2)nc1. The topological polar surface area (TPSA) is 68.9 Å². The summed E-state index contributed by atoms with van der Waals surface area (Å²) in [7, 11) is 0. The quantitative estimate of drug-likeness (QED) is 0.473. The molecule has 144 valence electrons. The number of hydrogen-bond acceptors (Lipinski definition) is 4. The maximum absolute atomic E-state index is 11.0. The Hall–Kier alpha value is -3.01. The second-order valence-electron chi connectivity index (χ2n) is 7.47. The van der Waals surface area contributed by atoms with Crippen molar-refractivity contribution in [1.82, 2.24) is 9.97 Å². The first kappa shape index (κ1) is 19.7. The third kappa shape index (κ3) is 4.28. The van der Waals surface area contributed by atoms with E-state index in [0.29, 0.717) is 18.2 Å². The molecule has 0 saturated heterocycles. The van der Waals surface area contributed by atoms with Crippen molar-refractivity contribution in [3.63, 3.8) is 0 Å². The van der Waals surface area contributed by atoms with E-state index in [4.69, 9.17) is 5.73 Å². The molecule has 4 nitrogen and oxygen atoms in total. The van der Waals surface area contributed by atoms with Crippen LogP contribution in [0.3, 0.4) is 0 Å². The normalized spacial score (nSPS) is 11.0. The summed E-state index contributed by atoms with van der Waals surface area (Å²) in [5, 5.41) is 0. The van der Waals surface area contributed by atoms with Crippen LogP contribution in [-0.2, 0) is 24.1 Å². The molecule has 0 unspecified atom stereocenters. The van der Waals surface area contributed by atoms with E-state index < -0.39 is 0 Å². The fraction of sp³-hybridized carbons (Fsp3) is 0.292. The summed E-state index contributed by atoms with van der Waals surface area (Å²) in [5.74, 6) is 1.22. The number of nitrogens with zero attached hydrogens (tertiary/aromatic N) is 2. The second kappa shape index (κ2) is 8.79. The fourth-order valence-electron chi connectivity index (χ4n) is 3.58. The minimum atomic E-state index is 0.429. The van der Waals surface area contributed by atoms with E-state index in [1.165, 1.54) is 5.56 Å². The Morgan fingerprint density at radius 2 is 1.79 bits per heavy atom. The van der Waals surface area contributed by atoms with E-state index in [9.17, 15) is 4.79 Å². The lowest BCUT2D eigenvalue weighted by Crippen LogP contribution is -2.01. The lowest BCUT2D eigenvalue weighted by molar-refractivity contribution is -0.107. The highest BCUT2D eigenvalue weighted by Crippen LogP contribution is 2.28. The van der Waals surface area contributed by atoms with Gasteiger partial charge < -0.3 is 10.5 Å². The Bertz CT molecular complexity index is 962. The van der Waals surface area contributed by atoms with Gasteiger partial charge in [-0.15, -0.1) is 0 Å². The van der Waals surface area contributed by atoms with Crippen LogP contribution in [0.4, 0.5) is 5.69 Å². The van der Waals surface area contributed by atoms with Gasteiger partial charge in [-0.05, 0) is 47.1 Å². The first-order valence-electron chi connectivity index (χ1n) is 9.79. The summed E-state index contributed by atoms with van der Waals surface area (Å²) in [6, 6.07) is 12.1. The van der Waals surface area contributed by atoms with Crippen molar-refractivity contribution in [2.24, 2.45) is 5.92 Å². The van der Waals surface area contributed by atoms with Crippen molar-refractivity contribution in [1.29, 1.82) is 0 Å². The van der Waals surface area contributed by atoms with Gasteiger partial charge in [0, 0.05) is 35.6 Å². The van der Waals surface area contributed by atoms with Crippen LogP contribution >= 0.6 is 0 Å². The van der Waals surface area contributed by atoms with Gasteiger partial charge in [0.2, 0.25) is 0 Å². The summed E-state index contributed by atoms with van der Waals surface area (Å²) < 4.78 is 0. The molecule has 28 heavy (non-hydrogen) atoms. The van der Waals surface area contributed by atoms with Crippen molar-refractivity contribution in [3.05, 3.63) is 65.5 Å². The van der Waals surface area contributed by atoms with Crippen LogP contribution in [0.1, 0.15) is 37.5 Å². The predicted octanol–water partition coefficient (Wildman–Crippen LogP) is 4.90. The number of carbonyl (C=O) groups is 1. The molecule has 0 fully saturated rings. The maximum atomic E-state index is 11.0. The van der Waals surface area contributed by atoms with Crippen LogP contribution in [0.2, 0.25) is 0 Å². The summed E-state index contributed by atoms with van der Waals surface area (Å²) >= 11 is 0. The molecule has 2 aromatic carbocycles. The zero-order valence-corrected chi connectivity index (χ0v) is 16.8. The Morgan fingerprint density at radius 3 is 2.39 bits per heavy atom. The van der Waals surface area contributed by atoms with Crippen LogP contribution in [0.5, 0.6) is 0 Å². The van der Waals surface area contributed by atoms with Gasteiger partial charge in [-0.1, -0.05) is 51.1 Å². The highest BCUT2D eigenvalue weighted by Gasteiger charge is 2.11. The molecule has 0 spiro atoms. The number of benzene rings is 2. The van der Waals surface area contributed by atoms with Gasteiger partial charge in [0.15, 0.2) is 5.82 Å².